The largest absolute Gasteiger partial charge is 0.478 e. The molecule has 6 heteroatoms. The smallest absolute Gasteiger partial charge is 0.336 e. The molecule has 20 heavy (non-hydrogen) atoms. The number of nitrogens with zero attached hydrogens (tertiary/aromatic N) is 1. The lowest BCUT2D eigenvalue weighted by molar-refractivity contribution is 0.0695. The second-order valence-electron chi connectivity index (χ2n) is 5.16. The van der Waals surface area contributed by atoms with Crippen molar-refractivity contribution >= 4 is 16.0 Å². The Hall–Kier alpha value is -1.40. The van der Waals surface area contributed by atoms with E-state index in [9.17, 15) is 13.2 Å². The van der Waals surface area contributed by atoms with Gasteiger partial charge in [-0.05, 0) is 30.0 Å². The predicted molar refractivity (Wildman–Crippen MR) is 77.4 cm³/mol. The van der Waals surface area contributed by atoms with Gasteiger partial charge in [-0.3, -0.25) is 0 Å². The second kappa shape index (κ2) is 6.37. The predicted octanol–water partition coefficient (Wildman–Crippen LogP) is 2.22. The molecule has 0 heterocycles. The van der Waals surface area contributed by atoms with Crippen molar-refractivity contribution in [2.24, 2.45) is 5.92 Å². The number of sulfonamides is 1. The number of aryl methyl sites for hydroxylation is 1. The molecule has 0 unspecified atom stereocenters. The number of hydrogen-bond acceptors (Lipinski definition) is 3. The SMILES string of the molecule is CCc1ccc(S(=O)(=O)N(C)CC(C)C)cc1C(=O)O. The molecule has 0 bridgehead atoms. The van der Waals surface area contributed by atoms with Crippen molar-refractivity contribution < 1.29 is 18.3 Å². The van der Waals surface area contributed by atoms with Gasteiger partial charge in [-0.25, -0.2) is 17.5 Å². The van der Waals surface area contributed by atoms with Gasteiger partial charge >= 0.3 is 5.97 Å². The number of carboxylic acid groups (broad SMARTS) is 1. The lowest BCUT2D eigenvalue weighted by Crippen LogP contribution is -2.30. The van der Waals surface area contributed by atoms with Crippen LogP contribution in [0.25, 0.3) is 0 Å². The summed E-state index contributed by atoms with van der Waals surface area (Å²) in [7, 11) is -2.14. The molecule has 1 rings (SSSR count). The third-order valence-electron chi connectivity index (χ3n) is 3.02. The summed E-state index contributed by atoms with van der Waals surface area (Å²) in [6.07, 6.45) is 0.545. The summed E-state index contributed by atoms with van der Waals surface area (Å²) in [6.45, 7) is 6.07. The van der Waals surface area contributed by atoms with Crippen LogP contribution in [0.1, 0.15) is 36.7 Å². The molecule has 5 nitrogen and oxygen atoms in total. The minimum atomic E-state index is -3.65. The van der Waals surface area contributed by atoms with Gasteiger partial charge in [0.1, 0.15) is 0 Å². The van der Waals surface area contributed by atoms with Crippen LogP contribution in [0.2, 0.25) is 0 Å². The second-order valence-corrected chi connectivity index (χ2v) is 7.20. The van der Waals surface area contributed by atoms with Gasteiger partial charge in [0.2, 0.25) is 10.0 Å². The number of hydrogen-bond donors (Lipinski definition) is 1. The van der Waals surface area contributed by atoms with Crippen LogP contribution in [-0.4, -0.2) is 37.4 Å². The van der Waals surface area contributed by atoms with Gasteiger partial charge in [-0.1, -0.05) is 26.8 Å². The van der Waals surface area contributed by atoms with Crippen LogP contribution >= 0.6 is 0 Å². The Bertz CT molecular complexity index is 593. The van der Waals surface area contributed by atoms with E-state index in [1.54, 1.807) is 6.07 Å². The molecule has 0 fully saturated rings. The van der Waals surface area contributed by atoms with Crippen LogP contribution in [0, 0.1) is 5.92 Å². The molecule has 0 spiro atoms. The monoisotopic (exact) mass is 299 g/mol. The molecular weight excluding hydrogens is 278 g/mol. The Balaban J connectivity index is 3.26. The average Bonchev–Trinajstić information content (AvgIpc) is 2.36. The van der Waals surface area contributed by atoms with Gasteiger partial charge in [0, 0.05) is 13.6 Å². The Labute approximate surface area is 120 Å². The molecule has 0 aliphatic rings. The molecule has 0 aromatic heterocycles. The number of aromatic carboxylic acids is 1. The van der Waals surface area contributed by atoms with Gasteiger partial charge in [0.05, 0.1) is 10.5 Å². The Morgan fingerprint density at radius 3 is 2.40 bits per heavy atom. The van der Waals surface area contributed by atoms with Crippen molar-refractivity contribution in [3.63, 3.8) is 0 Å². The molecule has 0 aliphatic heterocycles. The number of carboxylic acids is 1. The lowest BCUT2D eigenvalue weighted by Gasteiger charge is -2.19. The standard InChI is InChI=1S/C14H21NO4S/c1-5-11-6-7-12(8-13(11)14(16)17)20(18,19)15(4)9-10(2)3/h6-8,10H,5,9H2,1-4H3,(H,16,17). The van der Waals surface area contributed by atoms with Crippen LogP contribution in [0.5, 0.6) is 0 Å². The highest BCUT2D eigenvalue weighted by molar-refractivity contribution is 7.89. The number of carbonyl (C=O) groups is 1. The quantitative estimate of drug-likeness (QED) is 0.874. The third kappa shape index (κ3) is 3.58. The first-order valence-corrected chi connectivity index (χ1v) is 7.96. The van der Waals surface area contributed by atoms with Gasteiger partial charge in [0.25, 0.3) is 0 Å². The maximum atomic E-state index is 12.4. The van der Waals surface area contributed by atoms with Crippen LogP contribution < -0.4 is 0 Å². The summed E-state index contributed by atoms with van der Waals surface area (Å²) in [4.78, 5) is 11.2. The highest BCUT2D eigenvalue weighted by Crippen LogP contribution is 2.20. The zero-order chi connectivity index (χ0) is 15.5. The fourth-order valence-electron chi connectivity index (χ4n) is 2.02. The summed E-state index contributed by atoms with van der Waals surface area (Å²) in [5, 5.41) is 9.16. The van der Waals surface area contributed by atoms with E-state index < -0.39 is 16.0 Å². The summed E-state index contributed by atoms with van der Waals surface area (Å²) in [5.41, 5.74) is 0.675. The van der Waals surface area contributed by atoms with Crippen molar-refractivity contribution in [1.29, 1.82) is 0 Å². The normalized spacial score (nSPS) is 12.1. The van der Waals surface area contributed by atoms with Gasteiger partial charge in [-0.15, -0.1) is 0 Å². The molecule has 0 saturated heterocycles. The van der Waals surface area contributed by atoms with Crippen LogP contribution in [-0.2, 0) is 16.4 Å². The van der Waals surface area contributed by atoms with E-state index >= 15 is 0 Å². The Morgan fingerprint density at radius 1 is 1.35 bits per heavy atom. The molecule has 0 amide bonds. The molecule has 1 N–H and O–H groups in total. The topological polar surface area (TPSA) is 74.7 Å². The average molecular weight is 299 g/mol. The number of benzene rings is 1. The maximum absolute atomic E-state index is 12.4. The summed E-state index contributed by atoms with van der Waals surface area (Å²) < 4.78 is 26.0. The molecule has 0 atom stereocenters. The van der Waals surface area contributed by atoms with Crippen molar-refractivity contribution in [2.75, 3.05) is 13.6 Å². The van der Waals surface area contributed by atoms with E-state index in [0.29, 0.717) is 18.5 Å². The third-order valence-corrected chi connectivity index (χ3v) is 4.84. The first kappa shape index (κ1) is 16.7. The molecule has 1 aromatic rings. The van der Waals surface area contributed by atoms with Gasteiger partial charge < -0.3 is 5.11 Å². The molecule has 0 aliphatic carbocycles. The summed E-state index contributed by atoms with van der Waals surface area (Å²) in [5.74, 6) is -0.908. The lowest BCUT2D eigenvalue weighted by atomic mass is 10.1. The highest BCUT2D eigenvalue weighted by atomic mass is 32.2. The summed E-state index contributed by atoms with van der Waals surface area (Å²) >= 11 is 0. The summed E-state index contributed by atoms with van der Waals surface area (Å²) in [6, 6.07) is 4.28. The van der Waals surface area contributed by atoms with Crippen molar-refractivity contribution in [1.82, 2.24) is 4.31 Å². The first-order chi connectivity index (χ1) is 9.20. The molecular formula is C14H21NO4S. The van der Waals surface area contributed by atoms with E-state index in [2.05, 4.69) is 0 Å². The molecule has 0 saturated carbocycles. The van der Waals surface area contributed by atoms with E-state index in [4.69, 9.17) is 5.11 Å². The Morgan fingerprint density at radius 2 is 1.95 bits per heavy atom. The zero-order valence-corrected chi connectivity index (χ0v) is 13.1. The first-order valence-electron chi connectivity index (χ1n) is 6.52. The van der Waals surface area contributed by atoms with Crippen molar-refractivity contribution in [3.05, 3.63) is 29.3 Å². The van der Waals surface area contributed by atoms with Crippen molar-refractivity contribution in [3.8, 4) is 0 Å². The van der Waals surface area contributed by atoms with E-state index in [-0.39, 0.29) is 16.4 Å². The van der Waals surface area contributed by atoms with Crippen LogP contribution in [0.4, 0.5) is 0 Å². The highest BCUT2D eigenvalue weighted by Gasteiger charge is 2.23. The fourth-order valence-corrected chi connectivity index (χ4v) is 3.38. The minimum absolute atomic E-state index is 0.0234. The van der Waals surface area contributed by atoms with E-state index in [0.717, 1.165) is 0 Å². The van der Waals surface area contributed by atoms with Crippen molar-refractivity contribution in [2.45, 2.75) is 32.1 Å². The molecule has 112 valence electrons. The van der Waals surface area contributed by atoms with Gasteiger partial charge in [-0.2, -0.15) is 0 Å². The molecule has 1 aromatic carbocycles. The van der Waals surface area contributed by atoms with Crippen LogP contribution in [0.3, 0.4) is 0 Å². The van der Waals surface area contributed by atoms with E-state index in [1.165, 1.54) is 23.5 Å². The van der Waals surface area contributed by atoms with Crippen LogP contribution in [0.15, 0.2) is 23.1 Å². The fraction of sp³-hybridized carbons (Fsp3) is 0.500. The molecule has 0 radical (unpaired) electrons. The zero-order valence-electron chi connectivity index (χ0n) is 12.3. The maximum Gasteiger partial charge on any atom is 0.336 e. The number of rotatable bonds is 6. The minimum Gasteiger partial charge on any atom is -0.478 e. The van der Waals surface area contributed by atoms with E-state index in [1.807, 2.05) is 20.8 Å². The Kier molecular flexibility index (Phi) is 5.30. The van der Waals surface area contributed by atoms with Gasteiger partial charge in [0.15, 0.2) is 0 Å².